The number of rotatable bonds is 9. The van der Waals surface area contributed by atoms with E-state index in [1.54, 1.807) is 6.07 Å². The van der Waals surface area contributed by atoms with Gasteiger partial charge in [-0.15, -0.1) is 0 Å². The lowest BCUT2D eigenvalue weighted by atomic mass is 10.0. The number of nitrogens with one attached hydrogen (secondary N) is 1. The van der Waals surface area contributed by atoms with Gasteiger partial charge >= 0.3 is 0 Å². The van der Waals surface area contributed by atoms with Gasteiger partial charge in [-0.1, -0.05) is 48.9 Å². The van der Waals surface area contributed by atoms with Crippen molar-refractivity contribution in [1.29, 1.82) is 0 Å². The second kappa shape index (κ2) is 10.7. The van der Waals surface area contributed by atoms with Crippen LogP contribution >= 0.6 is 11.6 Å². The van der Waals surface area contributed by atoms with Crippen LogP contribution < -0.4 is 10.1 Å². The van der Waals surface area contributed by atoms with Gasteiger partial charge in [-0.2, -0.15) is 0 Å². The number of carbonyl (C=O) groups excluding carboxylic acids is 1. The lowest BCUT2D eigenvalue weighted by molar-refractivity contribution is 0.0934. The van der Waals surface area contributed by atoms with Gasteiger partial charge in [0.2, 0.25) is 0 Å². The summed E-state index contributed by atoms with van der Waals surface area (Å²) in [6.07, 6.45) is 4.93. The van der Waals surface area contributed by atoms with E-state index < -0.39 is 0 Å². The first kappa shape index (κ1) is 22.4. The van der Waals surface area contributed by atoms with Crippen LogP contribution in [0.15, 0.2) is 36.4 Å². The molecule has 2 N–H and O–H groups in total. The molecule has 30 heavy (non-hydrogen) atoms. The molecular weight excluding hydrogens is 400 g/mol. The molecule has 1 atom stereocenters. The van der Waals surface area contributed by atoms with Crippen LogP contribution in [0.2, 0.25) is 5.02 Å². The van der Waals surface area contributed by atoms with Gasteiger partial charge in [-0.05, 0) is 62.4 Å². The minimum Gasteiger partial charge on any atom is -0.507 e. The third kappa shape index (κ3) is 5.27. The molecule has 1 aliphatic rings. The summed E-state index contributed by atoms with van der Waals surface area (Å²) in [7, 11) is 1.45. The van der Waals surface area contributed by atoms with Crippen molar-refractivity contribution in [2.45, 2.75) is 45.1 Å². The SMILES string of the molecule is CCc1cc(Cl)c(OC)c(C(=O)NC[C@@H]2CCCN2CCCc2ccccc2)c1O. The average Bonchev–Trinajstić information content (AvgIpc) is 3.21. The van der Waals surface area contributed by atoms with Gasteiger partial charge in [-0.3, -0.25) is 9.69 Å². The monoisotopic (exact) mass is 430 g/mol. The molecule has 0 saturated carbocycles. The van der Waals surface area contributed by atoms with E-state index >= 15 is 0 Å². The van der Waals surface area contributed by atoms with E-state index in [4.69, 9.17) is 16.3 Å². The molecule has 3 rings (SSSR count). The van der Waals surface area contributed by atoms with Crippen LogP contribution in [-0.4, -0.2) is 48.7 Å². The molecule has 0 radical (unpaired) electrons. The molecule has 1 fully saturated rings. The summed E-state index contributed by atoms with van der Waals surface area (Å²) in [6.45, 7) is 4.52. The predicted molar refractivity (Wildman–Crippen MR) is 121 cm³/mol. The second-order valence-corrected chi connectivity index (χ2v) is 8.17. The van der Waals surface area contributed by atoms with Gasteiger partial charge in [-0.25, -0.2) is 0 Å². The molecule has 1 heterocycles. The van der Waals surface area contributed by atoms with Gasteiger partial charge in [0.25, 0.3) is 5.91 Å². The molecular formula is C24H31ClN2O3. The van der Waals surface area contributed by atoms with Crippen LogP contribution in [0, 0.1) is 0 Å². The Morgan fingerprint density at radius 3 is 2.80 bits per heavy atom. The number of nitrogens with zero attached hydrogens (tertiary/aromatic N) is 1. The van der Waals surface area contributed by atoms with Crippen molar-refractivity contribution >= 4 is 17.5 Å². The molecule has 1 amide bonds. The van der Waals surface area contributed by atoms with Gasteiger partial charge in [0.05, 0.1) is 12.1 Å². The number of ether oxygens (including phenoxy) is 1. The molecule has 6 heteroatoms. The Hall–Kier alpha value is -2.24. The molecule has 0 aromatic heterocycles. The predicted octanol–water partition coefficient (Wildman–Crippen LogP) is 4.44. The number of aromatic hydroxyl groups is 1. The van der Waals surface area contributed by atoms with Crippen LogP contribution in [0.25, 0.3) is 0 Å². The fourth-order valence-electron chi connectivity index (χ4n) is 4.20. The number of phenols is 1. The van der Waals surface area contributed by atoms with Crippen molar-refractivity contribution in [2.24, 2.45) is 0 Å². The molecule has 0 bridgehead atoms. The average molecular weight is 431 g/mol. The molecule has 1 saturated heterocycles. The molecule has 5 nitrogen and oxygen atoms in total. The Labute approximate surface area is 184 Å². The number of carbonyl (C=O) groups is 1. The van der Waals surface area contributed by atoms with Crippen LogP contribution in [0.5, 0.6) is 11.5 Å². The summed E-state index contributed by atoms with van der Waals surface area (Å²) < 4.78 is 5.30. The molecule has 0 unspecified atom stereocenters. The highest BCUT2D eigenvalue weighted by Gasteiger charge is 2.27. The minimum atomic E-state index is -0.349. The number of halogens is 1. The zero-order chi connectivity index (χ0) is 21.5. The highest BCUT2D eigenvalue weighted by molar-refractivity contribution is 6.33. The first-order valence-electron chi connectivity index (χ1n) is 10.7. The number of benzene rings is 2. The molecule has 1 aliphatic heterocycles. The second-order valence-electron chi connectivity index (χ2n) is 7.76. The molecule has 2 aromatic carbocycles. The van der Waals surface area contributed by atoms with E-state index in [1.807, 2.05) is 13.0 Å². The lowest BCUT2D eigenvalue weighted by Crippen LogP contribution is -2.40. The number of likely N-dealkylation sites (tertiary alicyclic amines) is 1. The normalized spacial score (nSPS) is 16.6. The Morgan fingerprint density at radius 2 is 2.10 bits per heavy atom. The smallest absolute Gasteiger partial charge is 0.258 e. The van der Waals surface area contributed by atoms with E-state index in [-0.39, 0.29) is 23.0 Å². The van der Waals surface area contributed by atoms with Gasteiger partial charge in [0, 0.05) is 12.6 Å². The number of aryl methyl sites for hydroxylation is 2. The number of hydrogen-bond acceptors (Lipinski definition) is 4. The van der Waals surface area contributed by atoms with E-state index in [1.165, 1.54) is 12.7 Å². The topological polar surface area (TPSA) is 61.8 Å². The van der Waals surface area contributed by atoms with E-state index in [9.17, 15) is 9.90 Å². The van der Waals surface area contributed by atoms with Gasteiger partial charge in [0.1, 0.15) is 11.3 Å². The summed E-state index contributed by atoms with van der Waals surface area (Å²) in [5.74, 6) is -0.185. The Balaban J connectivity index is 1.59. The highest BCUT2D eigenvalue weighted by atomic mass is 35.5. The fraction of sp³-hybridized carbons (Fsp3) is 0.458. The number of hydrogen-bond donors (Lipinski definition) is 2. The van der Waals surface area contributed by atoms with Crippen molar-refractivity contribution in [3.63, 3.8) is 0 Å². The molecule has 0 aliphatic carbocycles. The Kier molecular flexibility index (Phi) is 8.00. The van der Waals surface area contributed by atoms with Crippen molar-refractivity contribution in [1.82, 2.24) is 10.2 Å². The van der Waals surface area contributed by atoms with Gasteiger partial charge in [0.15, 0.2) is 5.75 Å². The van der Waals surface area contributed by atoms with Crippen molar-refractivity contribution in [2.75, 3.05) is 26.7 Å². The van der Waals surface area contributed by atoms with Crippen LogP contribution in [0.1, 0.15) is 47.7 Å². The van der Waals surface area contributed by atoms with Gasteiger partial charge < -0.3 is 15.2 Å². The first-order chi connectivity index (χ1) is 14.5. The summed E-state index contributed by atoms with van der Waals surface area (Å²) >= 11 is 6.26. The quantitative estimate of drug-likeness (QED) is 0.617. The largest absolute Gasteiger partial charge is 0.507 e. The van der Waals surface area contributed by atoms with E-state index in [2.05, 4.69) is 34.5 Å². The number of amides is 1. The van der Waals surface area contributed by atoms with E-state index in [0.29, 0.717) is 29.6 Å². The molecule has 162 valence electrons. The minimum absolute atomic E-state index is 0.0533. The summed E-state index contributed by atoms with van der Waals surface area (Å²) in [5.41, 5.74) is 2.11. The third-order valence-electron chi connectivity index (χ3n) is 5.85. The summed E-state index contributed by atoms with van der Waals surface area (Å²) in [5, 5.41) is 13.9. The first-order valence-corrected chi connectivity index (χ1v) is 11.1. The Bertz CT molecular complexity index is 857. The van der Waals surface area contributed by atoms with Crippen LogP contribution in [0.4, 0.5) is 0 Å². The van der Waals surface area contributed by atoms with Crippen LogP contribution in [0.3, 0.4) is 0 Å². The van der Waals surface area contributed by atoms with Crippen molar-refractivity contribution < 1.29 is 14.6 Å². The summed E-state index contributed by atoms with van der Waals surface area (Å²) in [6, 6.07) is 12.5. The molecule has 0 spiro atoms. The van der Waals surface area contributed by atoms with Crippen molar-refractivity contribution in [3.8, 4) is 11.5 Å². The van der Waals surface area contributed by atoms with Crippen molar-refractivity contribution in [3.05, 3.63) is 58.1 Å². The van der Waals surface area contributed by atoms with Crippen LogP contribution in [-0.2, 0) is 12.8 Å². The Morgan fingerprint density at radius 1 is 1.33 bits per heavy atom. The lowest BCUT2D eigenvalue weighted by Gasteiger charge is -2.25. The highest BCUT2D eigenvalue weighted by Crippen LogP contribution is 2.38. The standard InChI is InChI=1S/C24H31ClN2O3/c1-3-18-15-20(25)23(30-2)21(22(18)28)24(29)26-16-19-12-8-14-27(19)13-7-11-17-9-5-4-6-10-17/h4-6,9-10,15,19,28H,3,7-8,11-14,16H2,1-2H3,(H,26,29)/t19-/m0/s1. The fourth-order valence-corrected chi connectivity index (χ4v) is 4.51. The number of methoxy groups -OCH3 is 1. The maximum Gasteiger partial charge on any atom is 0.258 e. The maximum atomic E-state index is 12.9. The third-order valence-corrected chi connectivity index (χ3v) is 6.13. The maximum absolute atomic E-state index is 12.9. The zero-order valence-corrected chi connectivity index (χ0v) is 18.5. The zero-order valence-electron chi connectivity index (χ0n) is 17.8. The molecule has 2 aromatic rings. The summed E-state index contributed by atoms with van der Waals surface area (Å²) in [4.78, 5) is 15.4. The number of phenolic OH excluding ortho intramolecular Hbond substituents is 1. The van der Waals surface area contributed by atoms with E-state index in [0.717, 1.165) is 38.8 Å².